The van der Waals surface area contributed by atoms with Gasteiger partial charge in [-0.3, -0.25) is 4.79 Å². The van der Waals surface area contributed by atoms with E-state index in [0.717, 1.165) is 44.4 Å². The number of anilines is 2. The molecule has 2 unspecified atom stereocenters. The predicted molar refractivity (Wildman–Crippen MR) is 146 cm³/mol. The van der Waals surface area contributed by atoms with Crippen LogP contribution in [0.5, 0.6) is 0 Å². The van der Waals surface area contributed by atoms with Crippen LogP contribution in [0, 0.1) is 24.5 Å². The first-order valence-electron chi connectivity index (χ1n) is 13.4. The van der Waals surface area contributed by atoms with Gasteiger partial charge < -0.3 is 20.1 Å². The lowest BCUT2D eigenvalue weighted by molar-refractivity contribution is 0.0661. The van der Waals surface area contributed by atoms with E-state index >= 15 is 4.39 Å². The number of aromatic nitrogens is 4. The van der Waals surface area contributed by atoms with Crippen LogP contribution in [0.1, 0.15) is 48.8 Å². The van der Waals surface area contributed by atoms with Gasteiger partial charge in [0.15, 0.2) is 5.82 Å². The molecule has 0 spiro atoms. The fraction of sp³-hybridized carbons (Fsp3) is 0.379. The van der Waals surface area contributed by atoms with Crippen LogP contribution in [0.15, 0.2) is 42.7 Å². The maximum Gasteiger partial charge on any atom is 0.255 e. The van der Waals surface area contributed by atoms with Crippen LogP contribution in [0.4, 0.5) is 20.5 Å². The molecule has 4 aromatic rings. The average Bonchev–Trinajstić information content (AvgIpc) is 3.53. The molecular formula is C29H31F2N7O. The number of aryl methyl sites for hydroxylation is 1. The van der Waals surface area contributed by atoms with Gasteiger partial charge in [0.25, 0.3) is 5.91 Å². The highest BCUT2D eigenvalue weighted by molar-refractivity contribution is 5.94. The number of nitrogens with zero attached hydrogens (tertiary/aromatic N) is 5. The molecule has 2 fully saturated rings. The third kappa shape index (κ3) is 4.73. The van der Waals surface area contributed by atoms with Crippen molar-refractivity contribution in [1.29, 1.82) is 0 Å². The van der Waals surface area contributed by atoms with E-state index in [2.05, 4.69) is 25.6 Å². The topological polar surface area (TPSA) is 88.0 Å². The van der Waals surface area contributed by atoms with E-state index < -0.39 is 11.6 Å². The summed E-state index contributed by atoms with van der Waals surface area (Å²) in [5, 5.41) is 6.97. The summed E-state index contributed by atoms with van der Waals surface area (Å²) in [6.45, 7) is 8.47. The fourth-order valence-electron chi connectivity index (χ4n) is 5.99. The van der Waals surface area contributed by atoms with Gasteiger partial charge in [-0.25, -0.2) is 23.7 Å². The number of halogens is 2. The number of pyridine rings is 1. The number of carbonyl (C=O) groups is 1. The molecule has 5 heterocycles. The molecule has 10 heteroatoms. The number of fused-ring (bicyclic) bond motifs is 2. The lowest BCUT2D eigenvalue weighted by Gasteiger charge is -2.34. The number of hydrogen-bond acceptors (Lipinski definition) is 6. The Hall–Kier alpha value is -3.92. The van der Waals surface area contributed by atoms with E-state index in [-0.39, 0.29) is 23.6 Å². The summed E-state index contributed by atoms with van der Waals surface area (Å²) >= 11 is 0. The van der Waals surface area contributed by atoms with Crippen molar-refractivity contribution in [2.75, 3.05) is 25.0 Å². The Balaban J connectivity index is 1.22. The highest BCUT2D eigenvalue weighted by Crippen LogP contribution is 2.32. The second-order valence-electron chi connectivity index (χ2n) is 10.7. The minimum Gasteiger partial charge on any atom is -0.342 e. The minimum absolute atomic E-state index is 0.0148. The van der Waals surface area contributed by atoms with Crippen LogP contribution in [0.2, 0.25) is 0 Å². The molecule has 2 aliphatic rings. The van der Waals surface area contributed by atoms with E-state index in [1.807, 2.05) is 30.2 Å². The number of benzene rings is 1. The van der Waals surface area contributed by atoms with Gasteiger partial charge in [0.1, 0.15) is 17.3 Å². The van der Waals surface area contributed by atoms with Gasteiger partial charge in [-0.05, 0) is 76.4 Å². The monoisotopic (exact) mass is 531 g/mol. The van der Waals surface area contributed by atoms with E-state index in [4.69, 9.17) is 0 Å². The Morgan fingerprint density at radius 3 is 2.72 bits per heavy atom. The van der Waals surface area contributed by atoms with E-state index in [9.17, 15) is 9.18 Å². The molecule has 6 rings (SSSR count). The van der Waals surface area contributed by atoms with Crippen LogP contribution in [0.3, 0.4) is 0 Å². The molecule has 3 aromatic heterocycles. The summed E-state index contributed by atoms with van der Waals surface area (Å²) in [5.41, 5.74) is 2.42. The summed E-state index contributed by atoms with van der Waals surface area (Å²) in [5.74, 6) is -0.0899. The van der Waals surface area contributed by atoms with E-state index in [0.29, 0.717) is 39.8 Å². The fourth-order valence-corrected chi connectivity index (χ4v) is 5.99. The Labute approximate surface area is 225 Å². The number of carbonyl (C=O) groups excluding carboxylic acids is 1. The Kier molecular flexibility index (Phi) is 6.50. The second kappa shape index (κ2) is 10.00. The molecule has 0 saturated carbocycles. The molecule has 1 aromatic carbocycles. The average molecular weight is 532 g/mol. The highest BCUT2D eigenvalue weighted by Gasteiger charge is 2.34. The normalized spacial score (nSPS) is 19.1. The second-order valence-corrected chi connectivity index (χ2v) is 10.7. The highest BCUT2D eigenvalue weighted by atomic mass is 19.1. The molecule has 2 N–H and O–H groups in total. The lowest BCUT2D eigenvalue weighted by atomic mass is 9.93. The molecule has 8 nitrogen and oxygen atoms in total. The van der Waals surface area contributed by atoms with Gasteiger partial charge in [-0.2, -0.15) is 0 Å². The van der Waals surface area contributed by atoms with Crippen molar-refractivity contribution in [2.24, 2.45) is 5.92 Å². The number of hydrogen-bond donors (Lipinski definition) is 2. The number of likely N-dealkylation sites (tertiary alicyclic amines) is 1. The van der Waals surface area contributed by atoms with Gasteiger partial charge in [-0.1, -0.05) is 0 Å². The van der Waals surface area contributed by atoms with E-state index in [1.54, 1.807) is 24.3 Å². The van der Waals surface area contributed by atoms with Gasteiger partial charge in [0, 0.05) is 48.0 Å². The maximum atomic E-state index is 15.0. The first kappa shape index (κ1) is 25.4. The Morgan fingerprint density at radius 1 is 1.10 bits per heavy atom. The largest absolute Gasteiger partial charge is 0.342 e. The van der Waals surface area contributed by atoms with Crippen LogP contribution in [-0.4, -0.2) is 56.0 Å². The van der Waals surface area contributed by atoms with Crippen molar-refractivity contribution in [1.82, 2.24) is 29.7 Å². The van der Waals surface area contributed by atoms with Gasteiger partial charge in [0.05, 0.1) is 17.3 Å². The smallest absolute Gasteiger partial charge is 0.255 e. The number of piperidine rings is 1. The SMILES string of the molecule is Cc1cc2c(F)cc(-c3nc(Nc4ccc(C(=O)N5CCC6NCCC6C5)cn4)ncc3F)cc2n1C(C)C. The van der Waals surface area contributed by atoms with Gasteiger partial charge in [-0.15, -0.1) is 0 Å². The molecule has 0 radical (unpaired) electrons. The number of amides is 1. The molecule has 2 saturated heterocycles. The predicted octanol–water partition coefficient (Wildman–Crippen LogP) is 5.23. The van der Waals surface area contributed by atoms with Crippen LogP contribution < -0.4 is 10.6 Å². The lowest BCUT2D eigenvalue weighted by Crippen LogP contribution is -2.46. The molecular weight excluding hydrogens is 500 g/mol. The zero-order valence-corrected chi connectivity index (χ0v) is 22.2. The molecule has 0 bridgehead atoms. The van der Waals surface area contributed by atoms with Crippen molar-refractivity contribution >= 4 is 28.6 Å². The first-order valence-corrected chi connectivity index (χ1v) is 13.4. The maximum absolute atomic E-state index is 15.0. The molecule has 1 amide bonds. The summed E-state index contributed by atoms with van der Waals surface area (Å²) in [4.78, 5) is 27.7. The van der Waals surface area contributed by atoms with Crippen LogP contribution in [-0.2, 0) is 0 Å². The Morgan fingerprint density at radius 2 is 1.95 bits per heavy atom. The van der Waals surface area contributed by atoms with Gasteiger partial charge in [0.2, 0.25) is 5.95 Å². The molecule has 39 heavy (non-hydrogen) atoms. The van der Waals surface area contributed by atoms with Crippen LogP contribution in [0.25, 0.3) is 22.2 Å². The third-order valence-corrected chi connectivity index (χ3v) is 7.83. The van der Waals surface area contributed by atoms with Crippen molar-refractivity contribution in [2.45, 2.75) is 45.7 Å². The van der Waals surface area contributed by atoms with Crippen molar-refractivity contribution in [3.05, 3.63) is 65.6 Å². The molecule has 2 aliphatic heterocycles. The van der Waals surface area contributed by atoms with Crippen LogP contribution >= 0.6 is 0 Å². The first-order chi connectivity index (χ1) is 18.8. The minimum atomic E-state index is -0.659. The summed E-state index contributed by atoms with van der Waals surface area (Å²) in [7, 11) is 0. The summed E-state index contributed by atoms with van der Waals surface area (Å²) in [6, 6.07) is 8.86. The van der Waals surface area contributed by atoms with Crippen molar-refractivity contribution in [3.63, 3.8) is 0 Å². The summed E-state index contributed by atoms with van der Waals surface area (Å²) in [6.07, 6.45) is 4.64. The van der Waals surface area contributed by atoms with Gasteiger partial charge >= 0.3 is 0 Å². The number of rotatable bonds is 5. The summed E-state index contributed by atoms with van der Waals surface area (Å²) < 4.78 is 31.9. The standard InChI is InChI=1S/C29H31F2N7O/c1-16(2)38-17(3)10-21-22(30)11-20(12-25(21)38)27-23(31)14-34-29(36-27)35-26-5-4-18(13-33-26)28(39)37-9-7-24-19(15-37)6-8-32-24/h4-5,10-14,16,19,24,32H,6-9,15H2,1-3H3,(H,33,34,35,36). The zero-order chi connectivity index (χ0) is 27.3. The third-order valence-electron chi connectivity index (χ3n) is 7.83. The number of nitrogens with one attached hydrogen (secondary N) is 2. The quantitative estimate of drug-likeness (QED) is 0.367. The Bertz CT molecular complexity index is 1550. The zero-order valence-electron chi connectivity index (χ0n) is 22.2. The molecule has 2 atom stereocenters. The van der Waals surface area contributed by atoms with E-state index in [1.165, 1.54) is 12.3 Å². The molecule has 202 valence electrons. The van der Waals surface area contributed by atoms with Crippen molar-refractivity contribution < 1.29 is 13.6 Å². The van der Waals surface area contributed by atoms with Crippen molar-refractivity contribution in [3.8, 4) is 11.3 Å². The molecule has 0 aliphatic carbocycles.